The van der Waals surface area contributed by atoms with E-state index < -0.39 is 7.14 Å². The quantitative estimate of drug-likeness (QED) is 0.508. The van der Waals surface area contributed by atoms with Crippen molar-refractivity contribution in [2.75, 3.05) is 5.73 Å². The molecule has 0 aliphatic carbocycles. The zero-order chi connectivity index (χ0) is 12.8. The number of rotatable bonds is 3. The maximum absolute atomic E-state index is 12.0. The summed E-state index contributed by atoms with van der Waals surface area (Å²) in [5.41, 5.74) is 6.91. The van der Waals surface area contributed by atoms with Gasteiger partial charge in [0, 0.05) is 11.3 Å². The fourth-order valence-electron chi connectivity index (χ4n) is 2.50. The molecule has 0 amide bonds. The molecule has 94 valence electrons. The number of oxazole rings is 1. The first-order chi connectivity index (χ1) is 9.19. The van der Waals surface area contributed by atoms with E-state index in [-0.39, 0.29) is 6.01 Å². The fraction of sp³-hybridized carbons (Fsp3) is 0.0833. The lowest BCUT2D eigenvalue weighted by Crippen LogP contribution is -1.97. The number of nitrogens with zero attached hydrogens (tertiary/aromatic N) is 1. The van der Waals surface area contributed by atoms with Gasteiger partial charge in [-0.25, -0.2) is 0 Å². The number of hydrogen-bond donors (Lipinski definition) is 1. The number of nitrogen functional groups attached to an aromatic ring is 1. The Hall–Kier alpha value is -1.78. The number of aromatic nitrogens is 1. The van der Waals surface area contributed by atoms with Crippen molar-refractivity contribution in [1.82, 2.24) is 4.98 Å². The van der Waals surface area contributed by atoms with E-state index in [1.807, 2.05) is 17.5 Å². The highest BCUT2D eigenvalue weighted by Gasteiger charge is 2.75. The SMILES string of the molecule is Nc1nc(-c2oc3c4c2P34=O)c(Cc2cccs2)o1. The molecule has 0 spiro atoms. The van der Waals surface area contributed by atoms with Crippen molar-refractivity contribution in [3.8, 4) is 11.5 Å². The molecule has 3 aromatic heterocycles. The number of fused-ring (bicyclic) bond motifs is 1. The predicted molar refractivity (Wildman–Crippen MR) is 72.3 cm³/mol. The molecule has 2 bridgehead atoms. The number of hydrogen-bond acceptors (Lipinski definition) is 6. The van der Waals surface area contributed by atoms with Gasteiger partial charge in [-0.1, -0.05) is 6.07 Å². The van der Waals surface area contributed by atoms with Crippen LogP contribution in [-0.4, -0.2) is 4.98 Å². The number of anilines is 1. The Labute approximate surface area is 111 Å². The summed E-state index contributed by atoms with van der Waals surface area (Å²) in [5, 5.41) is 3.78. The van der Waals surface area contributed by atoms with Crippen molar-refractivity contribution in [2.24, 2.45) is 0 Å². The Kier molecular flexibility index (Phi) is 1.52. The molecular formula is C12H7N2O3PS. The average molecular weight is 290 g/mol. The summed E-state index contributed by atoms with van der Waals surface area (Å²) >= 11 is 1.64. The van der Waals surface area contributed by atoms with E-state index >= 15 is 0 Å². The molecule has 3 aromatic rings. The van der Waals surface area contributed by atoms with Gasteiger partial charge < -0.3 is 19.1 Å². The predicted octanol–water partition coefficient (Wildman–Crippen LogP) is 1.44. The zero-order valence-corrected chi connectivity index (χ0v) is 11.3. The molecule has 0 saturated carbocycles. The molecule has 19 heavy (non-hydrogen) atoms. The van der Waals surface area contributed by atoms with Gasteiger partial charge in [0.05, 0.1) is 10.6 Å². The van der Waals surface area contributed by atoms with Crippen LogP contribution in [0.4, 0.5) is 6.01 Å². The van der Waals surface area contributed by atoms with Crippen molar-refractivity contribution in [2.45, 2.75) is 6.42 Å². The standard InChI is InChI=1S/C12H7N2O3PS/c13-12-14-7(6(16-12)4-5-2-1-3-19-5)8-9-10-11(17-8)18(9,10)15/h1-3H,4H2,(H2,13,14). The summed E-state index contributed by atoms with van der Waals surface area (Å²) in [4.78, 5) is 5.34. The molecule has 2 N–H and O–H groups in total. The van der Waals surface area contributed by atoms with E-state index in [4.69, 9.17) is 14.6 Å². The summed E-state index contributed by atoms with van der Waals surface area (Å²) in [7, 11) is -2.23. The molecule has 1 unspecified atom stereocenters. The minimum absolute atomic E-state index is 0.116. The Balaban J connectivity index is 1.62. The van der Waals surface area contributed by atoms with Gasteiger partial charge in [-0.3, -0.25) is 0 Å². The van der Waals surface area contributed by atoms with Gasteiger partial charge in [-0.05, 0) is 11.4 Å². The molecule has 0 saturated heterocycles. The first-order valence-electron chi connectivity index (χ1n) is 5.76. The van der Waals surface area contributed by atoms with Crippen molar-refractivity contribution in [3.05, 3.63) is 28.2 Å². The van der Waals surface area contributed by atoms with Crippen LogP contribution in [-0.2, 0) is 11.0 Å². The number of thiophene rings is 1. The van der Waals surface area contributed by atoms with Crippen LogP contribution in [0.2, 0.25) is 0 Å². The third kappa shape index (κ3) is 1.08. The lowest BCUT2D eigenvalue weighted by Gasteiger charge is -1.95. The Morgan fingerprint density at radius 2 is 2.21 bits per heavy atom. The Bertz CT molecular complexity index is 882. The topological polar surface area (TPSA) is 82.3 Å². The summed E-state index contributed by atoms with van der Waals surface area (Å²) in [5.74, 6) is 1.27. The van der Waals surface area contributed by atoms with E-state index in [1.165, 1.54) is 0 Å². The van der Waals surface area contributed by atoms with Gasteiger partial charge in [0.1, 0.15) is 5.76 Å². The van der Waals surface area contributed by atoms with E-state index in [0.717, 1.165) is 15.5 Å². The van der Waals surface area contributed by atoms with Gasteiger partial charge in [0.15, 0.2) is 17.0 Å². The van der Waals surface area contributed by atoms with Gasteiger partial charge in [0.2, 0.25) is 7.14 Å². The van der Waals surface area contributed by atoms with Gasteiger partial charge in [-0.15, -0.1) is 11.3 Å². The summed E-state index contributed by atoms with van der Waals surface area (Å²) in [6.07, 6.45) is 0.617. The monoisotopic (exact) mass is 290 g/mol. The summed E-state index contributed by atoms with van der Waals surface area (Å²) in [6, 6.07) is 4.13. The molecule has 0 aromatic carbocycles. The number of nitrogens with two attached hydrogens (primary N) is 1. The second-order valence-corrected chi connectivity index (χ2v) is 8.17. The molecular weight excluding hydrogens is 283 g/mol. The van der Waals surface area contributed by atoms with Crippen LogP contribution < -0.4 is 21.8 Å². The van der Waals surface area contributed by atoms with Crippen LogP contribution in [0.25, 0.3) is 11.5 Å². The first kappa shape index (κ1) is 10.1. The van der Waals surface area contributed by atoms with Crippen LogP contribution in [0.1, 0.15) is 10.6 Å². The molecule has 5 nitrogen and oxygen atoms in total. The third-order valence-electron chi connectivity index (χ3n) is 3.50. The second-order valence-electron chi connectivity index (χ2n) is 4.62. The zero-order valence-electron chi connectivity index (χ0n) is 9.54. The van der Waals surface area contributed by atoms with Crippen molar-refractivity contribution in [3.63, 3.8) is 0 Å². The maximum atomic E-state index is 12.0. The van der Waals surface area contributed by atoms with Crippen LogP contribution in [0, 0.1) is 0 Å². The second kappa shape index (κ2) is 2.86. The molecule has 3 aliphatic heterocycles. The Morgan fingerprint density at radius 3 is 2.84 bits per heavy atom. The lowest BCUT2D eigenvalue weighted by atomic mass is 10.2. The largest absolute Gasteiger partial charge is 0.449 e. The van der Waals surface area contributed by atoms with Crippen LogP contribution in [0.15, 0.2) is 26.3 Å². The van der Waals surface area contributed by atoms with Crippen molar-refractivity contribution < 1.29 is 13.4 Å². The molecule has 1 atom stereocenters. The van der Waals surface area contributed by atoms with Gasteiger partial charge >= 0.3 is 0 Å². The van der Waals surface area contributed by atoms with E-state index in [1.54, 1.807) is 11.3 Å². The molecule has 3 aliphatic rings. The van der Waals surface area contributed by atoms with Gasteiger partial charge in [0.25, 0.3) is 6.01 Å². The summed E-state index contributed by atoms with van der Waals surface area (Å²) in [6.45, 7) is 0. The maximum Gasteiger partial charge on any atom is 0.292 e. The lowest BCUT2D eigenvalue weighted by molar-refractivity contribution is 0.534. The van der Waals surface area contributed by atoms with Crippen LogP contribution >= 0.6 is 18.5 Å². The molecule has 0 radical (unpaired) electrons. The van der Waals surface area contributed by atoms with E-state index in [2.05, 4.69) is 4.98 Å². The summed E-state index contributed by atoms with van der Waals surface area (Å²) < 4.78 is 23.0. The normalized spacial score (nSPS) is 21.5. The third-order valence-corrected chi connectivity index (χ3v) is 6.93. The highest BCUT2D eigenvalue weighted by molar-refractivity contribution is 8.06. The fourth-order valence-corrected chi connectivity index (χ4v) is 5.68. The van der Waals surface area contributed by atoms with Crippen LogP contribution in [0.3, 0.4) is 0 Å². The average Bonchev–Trinajstić information content (AvgIpc) is 2.95. The minimum Gasteiger partial charge on any atom is -0.449 e. The van der Waals surface area contributed by atoms with E-state index in [9.17, 15) is 4.57 Å². The van der Waals surface area contributed by atoms with Crippen molar-refractivity contribution >= 4 is 40.6 Å². The molecule has 0 fully saturated rings. The van der Waals surface area contributed by atoms with Gasteiger partial charge in [-0.2, -0.15) is 4.98 Å². The highest BCUT2D eigenvalue weighted by Crippen LogP contribution is 2.70. The molecule has 6 rings (SSSR count). The first-order valence-corrected chi connectivity index (χ1v) is 8.34. The minimum atomic E-state index is -2.23. The highest BCUT2D eigenvalue weighted by atomic mass is 32.1. The van der Waals surface area contributed by atoms with Crippen LogP contribution in [0.5, 0.6) is 0 Å². The molecule has 6 heterocycles. The van der Waals surface area contributed by atoms with Crippen molar-refractivity contribution in [1.29, 1.82) is 0 Å². The smallest absolute Gasteiger partial charge is 0.292 e. The Morgan fingerprint density at radius 1 is 1.37 bits per heavy atom. The van der Waals surface area contributed by atoms with E-state index in [0.29, 0.717) is 29.1 Å². The number of furan rings is 1. The molecule has 7 heteroatoms.